The maximum absolute atomic E-state index is 13.2. The van der Waals surface area contributed by atoms with Gasteiger partial charge in [0, 0.05) is 55.6 Å². The van der Waals surface area contributed by atoms with Crippen molar-refractivity contribution in [2.75, 3.05) is 19.6 Å². The van der Waals surface area contributed by atoms with Crippen LogP contribution >= 0.6 is 11.6 Å². The van der Waals surface area contributed by atoms with E-state index in [0.717, 1.165) is 17.7 Å². The first kappa shape index (κ1) is 24.0. The maximum atomic E-state index is 13.2. The van der Waals surface area contributed by atoms with Gasteiger partial charge in [-0.2, -0.15) is 0 Å². The van der Waals surface area contributed by atoms with Gasteiger partial charge < -0.3 is 16.0 Å². The standard InChI is InChI=1S/C24H30ClFN4O2/c1-16-14-30(17(2)13-29(16)15-18-3-9-22(26)10-4-18)23(31)11-20(12-28-24(27)32)19-5-7-21(25)8-6-19/h3-10,16-17,20H,11-15H2,1-2H3,(H3,27,28,32)/t16-,17+,20?/m0/s1. The van der Waals surface area contributed by atoms with E-state index < -0.39 is 6.03 Å². The molecular formula is C24H30ClFN4O2. The molecule has 1 unspecified atom stereocenters. The maximum Gasteiger partial charge on any atom is 0.312 e. The highest BCUT2D eigenvalue weighted by atomic mass is 35.5. The lowest BCUT2D eigenvalue weighted by Gasteiger charge is -2.44. The van der Waals surface area contributed by atoms with Crippen molar-refractivity contribution in [3.8, 4) is 0 Å². The minimum Gasteiger partial charge on any atom is -0.352 e. The summed E-state index contributed by atoms with van der Waals surface area (Å²) in [7, 11) is 0. The van der Waals surface area contributed by atoms with Crippen LogP contribution in [-0.2, 0) is 11.3 Å². The molecule has 1 fully saturated rings. The summed E-state index contributed by atoms with van der Waals surface area (Å²) in [6, 6.07) is 13.4. The van der Waals surface area contributed by atoms with E-state index >= 15 is 0 Å². The largest absolute Gasteiger partial charge is 0.352 e. The molecule has 0 bridgehead atoms. The van der Waals surface area contributed by atoms with Gasteiger partial charge >= 0.3 is 6.03 Å². The molecule has 0 aliphatic carbocycles. The van der Waals surface area contributed by atoms with Crippen LogP contribution in [0.4, 0.5) is 9.18 Å². The highest BCUT2D eigenvalue weighted by molar-refractivity contribution is 6.30. The Kier molecular flexibility index (Phi) is 8.10. The highest BCUT2D eigenvalue weighted by Gasteiger charge is 2.33. The normalized spacial score (nSPS) is 20.1. The lowest BCUT2D eigenvalue weighted by atomic mass is 9.94. The van der Waals surface area contributed by atoms with Crippen LogP contribution in [0.15, 0.2) is 48.5 Å². The summed E-state index contributed by atoms with van der Waals surface area (Å²) in [4.78, 5) is 28.7. The molecule has 2 aromatic carbocycles. The van der Waals surface area contributed by atoms with Crippen LogP contribution in [0.1, 0.15) is 37.3 Å². The topological polar surface area (TPSA) is 78.7 Å². The molecule has 1 aliphatic heterocycles. The van der Waals surface area contributed by atoms with Gasteiger partial charge in [0.25, 0.3) is 0 Å². The number of nitrogens with one attached hydrogen (secondary N) is 1. The van der Waals surface area contributed by atoms with Crippen molar-refractivity contribution in [1.82, 2.24) is 15.1 Å². The third-order valence-electron chi connectivity index (χ3n) is 6.02. The number of amides is 3. The Bertz CT molecular complexity index is 923. The van der Waals surface area contributed by atoms with E-state index in [1.807, 2.05) is 24.0 Å². The Balaban J connectivity index is 1.65. The number of hydrogen-bond acceptors (Lipinski definition) is 3. The van der Waals surface area contributed by atoms with Crippen LogP contribution in [0.2, 0.25) is 5.02 Å². The van der Waals surface area contributed by atoms with Crippen molar-refractivity contribution in [3.05, 3.63) is 70.5 Å². The third-order valence-corrected chi connectivity index (χ3v) is 6.27. The van der Waals surface area contributed by atoms with Gasteiger partial charge in [0.15, 0.2) is 0 Å². The summed E-state index contributed by atoms with van der Waals surface area (Å²) < 4.78 is 13.2. The van der Waals surface area contributed by atoms with E-state index in [9.17, 15) is 14.0 Å². The Morgan fingerprint density at radius 3 is 2.38 bits per heavy atom. The molecule has 6 nitrogen and oxygen atoms in total. The third kappa shape index (κ3) is 6.43. The average Bonchev–Trinajstić information content (AvgIpc) is 2.75. The predicted octanol–water partition coefficient (Wildman–Crippen LogP) is 3.74. The van der Waals surface area contributed by atoms with Crippen LogP contribution < -0.4 is 11.1 Å². The second-order valence-electron chi connectivity index (χ2n) is 8.50. The molecule has 3 amide bonds. The Morgan fingerprint density at radius 2 is 1.75 bits per heavy atom. The van der Waals surface area contributed by atoms with Crippen LogP contribution in [0, 0.1) is 5.82 Å². The molecule has 3 atom stereocenters. The fourth-order valence-electron chi connectivity index (χ4n) is 4.18. The monoisotopic (exact) mass is 460 g/mol. The zero-order chi connectivity index (χ0) is 23.3. The first-order chi connectivity index (χ1) is 15.2. The van der Waals surface area contributed by atoms with E-state index in [-0.39, 0.29) is 42.7 Å². The number of nitrogens with two attached hydrogens (primary N) is 1. The number of urea groups is 1. The molecule has 0 saturated carbocycles. The van der Waals surface area contributed by atoms with Crippen molar-refractivity contribution in [2.24, 2.45) is 5.73 Å². The number of rotatable bonds is 7. The zero-order valence-corrected chi connectivity index (χ0v) is 19.2. The number of carbonyl (C=O) groups excluding carboxylic acids is 2. The Hall–Kier alpha value is -2.64. The average molecular weight is 461 g/mol. The first-order valence-corrected chi connectivity index (χ1v) is 11.2. The number of halogens is 2. The van der Waals surface area contributed by atoms with Crippen molar-refractivity contribution in [1.29, 1.82) is 0 Å². The lowest BCUT2D eigenvalue weighted by molar-refractivity contribution is -0.137. The molecule has 172 valence electrons. The van der Waals surface area contributed by atoms with E-state index in [4.69, 9.17) is 17.3 Å². The van der Waals surface area contributed by atoms with Crippen molar-refractivity contribution < 1.29 is 14.0 Å². The van der Waals surface area contributed by atoms with Gasteiger partial charge in [0.05, 0.1) is 0 Å². The predicted molar refractivity (Wildman–Crippen MR) is 124 cm³/mol. The molecular weight excluding hydrogens is 431 g/mol. The number of primary amides is 1. The molecule has 1 heterocycles. The van der Waals surface area contributed by atoms with E-state index in [0.29, 0.717) is 18.1 Å². The second kappa shape index (κ2) is 10.8. The van der Waals surface area contributed by atoms with Gasteiger partial charge in [-0.3, -0.25) is 9.69 Å². The Labute approximate surface area is 193 Å². The number of piperazine rings is 1. The number of carbonyl (C=O) groups is 2. The van der Waals surface area contributed by atoms with Gasteiger partial charge in [-0.1, -0.05) is 35.9 Å². The van der Waals surface area contributed by atoms with E-state index in [1.165, 1.54) is 12.1 Å². The van der Waals surface area contributed by atoms with Crippen molar-refractivity contribution >= 4 is 23.5 Å². The van der Waals surface area contributed by atoms with Crippen LogP contribution in [0.25, 0.3) is 0 Å². The fourth-order valence-corrected chi connectivity index (χ4v) is 4.31. The van der Waals surface area contributed by atoms with Crippen LogP contribution in [0.3, 0.4) is 0 Å². The zero-order valence-electron chi connectivity index (χ0n) is 18.4. The quantitative estimate of drug-likeness (QED) is 0.660. The number of benzene rings is 2. The van der Waals surface area contributed by atoms with Gasteiger partial charge in [-0.15, -0.1) is 0 Å². The molecule has 0 aromatic heterocycles. The molecule has 2 aromatic rings. The Morgan fingerprint density at radius 1 is 1.09 bits per heavy atom. The molecule has 1 saturated heterocycles. The fraction of sp³-hybridized carbons (Fsp3) is 0.417. The van der Waals surface area contributed by atoms with Gasteiger partial charge in [-0.25, -0.2) is 9.18 Å². The van der Waals surface area contributed by atoms with E-state index in [2.05, 4.69) is 17.1 Å². The summed E-state index contributed by atoms with van der Waals surface area (Å²) in [5, 5.41) is 3.24. The number of nitrogens with zero attached hydrogens (tertiary/aromatic N) is 2. The van der Waals surface area contributed by atoms with Gasteiger partial charge in [0.2, 0.25) is 5.91 Å². The highest BCUT2D eigenvalue weighted by Crippen LogP contribution is 2.25. The van der Waals surface area contributed by atoms with Crippen molar-refractivity contribution in [2.45, 2.75) is 44.8 Å². The minimum absolute atomic E-state index is 0.0362. The lowest BCUT2D eigenvalue weighted by Crippen LogP contribution is -2.57. The second-order valence-corrected chi connectivity index (χ2v) is 8.93. The summed E-state index contributed by atoms with van der Waals surface area (Å²) in [6.45, 7) is 6.47. The number of hydrogen-bond donors (Lipinski definition) is 2. The smallest absolute Gasteiger partial charge is 0.312 e. The molecule has 3 N–H and O–H groups in total. The molecule has 3 rings (SSSR count). The molecule has 1 aliphatic rings. The summed E-state index contributed by atoms with van der Waals surface area (Å²) in [5.41, 5.74) is 7.22. The van der Waals surface area contributed by atoms with Crippen molar-refractivity contribution in [3.63, 3.8) is 0 Å². The summed E-state index contributed by atoms with van der Waals surface area (Å²) >= 11 is 6.00. The van der Waals surface area contributed by atoms with E-state index in [1.54, 1.807) is 24.3 Å². The van der Waals surface area contributed by atoms with Gasteiger partial charge in [-0.05, 0) is 49.2 Å². The minimum atomic E-state index is -0.618. The van der Waals surface area contributed by atoms with Crippen LogP contribution in [0.5, 0.6) is 0 Å². The SMILES string of the molecule is C[C@@H]1CN(Cc2ccc(F)cc2)[C@@H](C)CN1C(=O)CC(CNC(N)=O)c1ccc(Cl)cc1. The molecule has 0 spiro atoms. The molecule has 8 heteroatoms. The first-order valence-electron chi connectivity index (χ1n) is 10.8. The van der Waals surface area contributed by atoms with Crippen LogP contribution in [-0.4, -0.2) is 53.5 Å². The molecule has 32 heavy (non-hydrogen) atoms. The summed E-state index contributed by atoms with van der Waals surface area (Å²) in [6.07, 6.45) is 0.261. The molecule has 0 radical (unpaired) electrons. The van der Waals surface area contributed by atoms with Gasteiger partial charge in [0.1, 0.15) is 5.82 Å². The summed E-state index contributed by atoms with van der Waals surface area (Å²) in [5.74, 6) is -0.407.